The van der Waals surface area contributed by atoms with Crippen LogP contribution < -0.4 is 10.2 Å². The van der Waals surface area contributed by atoms with E-state index in [1.807, 2.05) is 7.05 Å². The number of benzene rings is 1. The van der Waals surface area contributed by atoms with Crippen LogP contribution >= 0.6 is 0 Å². The number of guanidine groups is 1. The first-order chi connectivity index (χ1) is 12.3. The van der Waals surface area contributed by atoms with Crippen molar-refractivity contribution in [2.24, 2.45) is 16.3 Å². The molecular weight excluding hydrogens is 308 g/mol. The van der Waals surface area contributed by atoms with Crippen LogP contribution in [-0.2, 0) is 0 Å². The fourth-order valence-corrected chi connectivity index (χ4v) is 5.09. The van der Waals surface area contributed by atoms with Crippen molar-refractivity contribution < 1.29 is 0 Å². The van der Waals surface area contributed by atoms with Gasteiger partial charge in [0, 0.05) is 45.5 Å². The van der Waals surface area contributed by atoms with Crippen molar-refractivity contribution in [3.8, 4) is 0 Å². The number of hydrogen-bond acceptors (Lipinski definition) is 2. The highest BCUT2D eigenvalue weighted by atomic mass is 15.3. The van der Waals surface area contributed by atoms with Gasteiger partial charge in [0.05, 0.1) is 0 Å². The predicted octanol–water partition coefficient (Wildman–Crippen LogP) is 3.35. The van der Waals surface area contributed by atoms with E-state index >= 15 is 0 Å². The summed E-state index contributed by atoms with van der Waals surface area (Å²) in [5, 5.41) is 3.68. The van der Waals surface area contributed by atoms with Crippen molar-refractivity contribution >= 4 is 11.6 Å². The molecule has 2 saturated heterocycles. The summed E-state index contributed by atoms with van der Waals surface area (Å²) in [5.74, 6) is 1.84. The van der Waals surface area contributed by atoms with Crippen LogP contribution in [0, 0.1) is 11.3 Å². The molecule has 1 aromatic rings. The maximum Gasteiger partial charge on any atom is 0.193 e. The van der Waals surface area contributed by atoms with Gasteiger partial charge in [-0.15, -0.1) is 0 Å². The molecule has 1 atom stereocenters. The van der Waals surface area contributed by atoms with Crippen LogP contribution in [0.5, 0.6) is 0 Å². The predicted molar refractivity (Wildman–Crippen MR) is 105 cm³/mol. The number of anilines is 1. The van der Waals surface area contributed by atoms with Gasteiger partial charge in [0.1, 0.15) is 0 Å². The van der Waals surface area contributed by atoms with Gasteiger partial charge in [-0.05, 0) is 49.1 Å². The highest BCUT2D eigenvalue weighted by molar-refractivity contribution is 5.80. The molecule has 0 radical (unpaired) electrons. The molecule has 2 aliphatic heterocycles. The molecule has 25 heavy (non-hydrogen) atoms. The first kappa shape index (κ1) is 16.7. The lowest BCUT2D eigenvalue weighted by atomic mass is 9.86. The topological polar surface area (TPSA) is 30.9 Å². The second-order valence-electron chi connectivity index (χ2n) is 8.24. The summed E-state index contributed by atoms with van der Waals surface area (Å²) in [5.41, 5.74) is 1.96. The Kier molecular flexibility index (Phi) is 4.87. The first-order valence-electron chi connectivity index (χ1n) is 10.0. The third-order valence-electron chi connectivity index (χ3n) is 6.57. The minimum Gasteiger partial charge on any atom is -0.371 e. The monoisotopic (exact) mass is 340 g/mol. The second kappa shape index (κ2) is 7.27. The smallest absolute Gasteiger partial charge is 0.193 e. The van der Waals surface area contributed by atoms with Crippen molar-refractivity contribution in [3.05, 3.63) is 30.3 Å². The van der Waals surface area contributed by atoms with Crippen molar-refractivity contribution in [2.45, 2.75) is 38.5 Å². The standard InChI is InChI=1S/C21H32N4/c1-22-20(25-14-12-21(17-25)10-5-6-11-21)23-15-18-9-13-24(16-18)19-7-3-2-4-8-19/h2-4,7-8,18H,5-6,9-17H2,1H3,(H,22,23). The van der Waals surface area contributed by atoms with E-state index in [2.05, 4.69) is 50.4 Å². The van der Waals surface area contributed by atoms with Gasteiger partial charge in [0.2, 0.25) is 0 Å². The molecule has 4 rings (SSSR count). The van der Waals surface area contributed by atoms with Crippen LogP contribution in [0.25, 0.3) is 0 Å². The van der Waals surface area contributed by atoms with Gasteiger partial charge in [-0.3, -0.25) is 4.99 Å². The summed E-state index contributed by atoms with van der Waals surface area (Å²) < 4.78 is 0. The zero-order chi connectivity index (χ0) is 17.1. The van der Waals surface area contributed by atoms with Crippen LogP contribution in [0.2, 0.25) is 0 Å². The van der Waals surface area contributed by atoms with Gasteiger partial charge in [0.25, 0.3) is 0 Å². The maximum absolute atomic E-state index is 4.58. The van der Waals surface area contributed by atoms with E-state index in [0.717, 1.165) is 19.0 Å². The second-order valence-corrected chi connectivity index (χ2v) is 8.24. The van der Waals surface area contributed by atoms with E-state index in [1.54, 1.807) is 0 Å². The molecule has 3 fully saturated rings. The lowest BCUT2D eigenvalue weighted by Crippen LogP contribution is -2.43. The zero-order valence-electron chi connectivity index (χ0n) is 15.6. The summed E-state index contributed by atoms with van der Waals surface area (Å²) in [7, 11) is 1.94. The number of hydrogen-bond donors (Lipinski definition) is 1. The normalized spacial score (nSPS) is 26.0. The summed E-state index contributed by atoms with van der Waals surface area (Å²) in [4.78, 5) is 9.60. The SMILES string of the molecule is CN=C(NCC1CCN(c2ccccc2)C1)N1CCC2(CCCC2)C1. The Hall–Kier alpha value is -1.71. The molecule has 0 aromatic heterocycles. The number of rotatable bonds is 3. The highest BCUT2D eigenvalue weighted by Gasteiger charge is 2.41. The highest BCUT2D eigenvalue weighted by Crippen LogP contribution is 2.45. The Morgan fingerprint density at radius 3 is 2.72 bits per heavy atom. The minimum absolute atomic E-state index is 0.606. The number of aliphatic imine (C=N–C) groups is 1. The van der Waals surface area contributed by atoms with E-state index in [0.29, 0.717) is 11.3 Å². The Labute approximate surface area is 152 Å². The van der Waals surface area contributed by atoms with Crippen LogP contribution in [0.15, 0.2) is 35.3 Å². The van der Waals surface area contributed by atoms with Gasteiger partial charge in [-0.2, -0.15) is 0 Å². The van der Waals surface area contributed by atoms with E-state index < -0.39 is 0 Å². The van der Waals surface area contributed by atoms with E-state index in [-0.39, 0.29) is 0 Å². The molecule has 0 bridgehead atoms. The lowest BCUT2D eigenvalue weighted by molar-refractivity contribution is 0.309. The molecule has 2 heterocycles. The fraction of sp³-hybridized carbons (Fsp3) is 0.667. The third-order valence-corrected chi connectivity index (χ3v) is 6.57. The van der Waals surface area contributed by atoms with Crippen LogP contribution in [-0.4, -0.2) is 50.6 Å². The van der Waals surface area contributed by atoms with E-state index in [9.17, 15) is 0 Å². The number of para-hydroxylation sites is 1. The van der Waals surface area contributed by atoms with Gasteiger partial charge in [-0.25, -0.2) is 0 Å². The van der Waals surface area contributed by atoms with Crippen LogP contribution in [0.3, 0.4) is 0 Å². The number of nitrogens with zero attached hydrogens (tertiary/aromatic N) is 3. The quantitative estimate of drug-likeness (QED) is 0.676. The zero-order valence-corrected chi connectivity index (χ0v) is 15.6. The van der Waals surface area contributed by atoms with Crippen molar-refractivity contribution in [2.75, 3.05) is 44.7 Å². The summed E-state index contributed by atoms with van der Waals surface area (Å²) in [6.45, 7) is 5.76. The van der Waals surface area contributed by atoms with Crippen molar-refractivity contribution in [1.29, 1.82) is 0 Å². The molecule has 0 amide bonds. The fourth-order valence-electron chi connectivity index (χ4n) is 5.09. The van der Waals surface area contributed by atoms with Gasteiger partial charge in [0.15, 0.2) is 5.96 Å². The van der Waals surface area contributed by atoms with Crippen LogP contribution in [0.4, 0.5) is 5.69 Å². The summed E-state index contributed by atoms with van der Waals surface area (Å²) in [6.07, 6.45) is 8.33. The molecule has 1 aromatic carbocycles. The Balaban J connectivity index is 1.28. The molecule has 1 saturated carbocycles. The Morgan fingerprint density at radius 2 is 1.96 bits per heavy atom. The molecule has 1 N–H and O–H groups in total. The molecular formula is C21H32N4. The first-order valence-corrected chi connectivity index (χ1v) is 10.0. The minimum atomic E-state index is 0.606. The largest absolute Gasteiger partial charge is 0.371 e. The van der Waals surface area contributed by atoms with Crippen molar-refractivity contribution in [3.63, 3.8) is 0 Å². The third kappa shape index (κ3) is 3.63. The maximum atomic E-state index is 4.58. The van der Waals surface area contributed by atoms with Gasteiger partial charge in [-0.1, -0.05) is 31.0 Å². The molecule has 4 nitrogen and oxygen atoms in total. The molecule has 1 aliphatic carbocycles. The molecule has 136 valence electrons. The Bertz CT molecular complexity index is 591. The van der Waals surface area contributed by atoms with Crippen LogP contribution in [0.1, 0.15) is 38.5 Å². The van der Waals surface area contributed by atoms with E-state index in [1.165, 1.54) is 63.8 Å². The van der Waals surface area contributed by atoms with Crippen molar-refractivity contribution in [1.82, 2.24) is 10.2 Å². The lowest BCUT2D eigenvalue weighted by Gasteiger charge is -2.26. The summed E-state index contributed by atoms with van der Waals surface area (Å²) >= 11 is 0. The average molecular weight is 341 g/mol. The Morgan fingerprint density at radius 1 is 1.16 bits per heavy atom. The molecule has 4 heteroatoms. The van der Waals surface area contributed by atoms with Gasteiger partial charge >= 0.3 is 0 Å². The molecule has 1 spiro atoms. The summed E-state index contributed by atoms with van der Waals surface area (Å²) in [6, 6.07) is 10.8. The average Bonchev–Trinajstić information content (AvgIpc) is 3.39. The van der Waals surface area contributed by atoms with E-state index in [4.69, 9.17) is 0 Å². The number of likely N-dealkylation sites (tertiary alicyclic amines) is 1. The molecule has 1 unspecified atom stereocenters. The van der Waals surface area contributed by atoms with Gasteiger partial charge < -0.3 is 15.1 Å². The number of nitrogens with one attached hydrogen (secondary N) is 1. The molecule has 3 aliphatic rings.